The van der Waals surface area contributed by atoms with Crippen molar-refractivity contribution in [3.8, 4) is 11.6 Å². The van der Waals surface area contributed by atoms with E-state index in [1.54, 1.807) is 24.4 Å². The first-order valence-corrected chi connectivity index (χ1v) is 6.20. The molecule has 2 rings (SSSR count). The first kappa shape index (κ1) is 13.0. The number of nitrogens with zero attached hydrogens (tertiary/aromatic N) is 1. The molecule has 2 N–H and O–H groups in total. The average Bonchev–Trinajstić information content (AvgIpc) is 2.34. The first-order valence-electron chi connectivity index (χ1n) is 5.40. The van der Waals surface area contributed by atoms with Crippen LogP contribution in [0.1, 0.15) is 18.5 Å². The molecule has 18 heavy (non-hydrogen) atoms. The number of rotatable bonds is 3. The fraction of sp³-hybridized carbons (Fsp3) is 0.154. The van der Waals surface area contributed by atoms with E-state index in [9.17, 15) is 4.39 Å². The van der Waals surface area contributed by atoms with Crippen LogP contribution < -0.4 is 10.5 Å². The first-order chi connectivity index (χ1) is 8.56. The Morgan fingerprint density at radius 1 is 1.33 bits per heavy atom. The Labute approximate surface area is 113 Å². The van der Waals surface area contributed by atoms with Crippen molar-refractivity contribution in [2.24, 2.45) is 5.73 Å². The smallest absolute Gasteiger partial charge is 0.219 e. The second-order valence-corrected chi connectivity index (χ2v) is 4.75. The molecule has 1 unspecified atom stereocenters. The van der Waals surface area contributed by atoms with Crippen molar-refractivity contribution < 1.29 is 9.13 Å². The molecular weight excluding hydrogens is 299 g/mol. The summed E-state index contributed by atoms with van der Waals surface area (Å²) in [6.45, 7) is 1.87. The third-order valence-electron chi connectivity index (χ3n) is 2.40. The van der Waals surface area contributed by atoms with Gasteiger partial charge in [-0.1, -0.05) is 0 Å². The van der Waals surface area contributed by atoms with Crippen LogP contribution in [0.3, 0.4) is 0 Å². The Morgan fingerprint density at radius 2 is 2.11 bits per heavy atom. The van der Waals surface area contributed by atoms with Gasteiger partial charge in [-0.15, -0.1) is 0 Å². The van der Waals surface area contributed by atoms with E-state index in [-0.39, 0.29) is 11.9 Å². The van der Waals surface area contributed by atoms with Crippen molar-refractivity contribution in [2.45, 2.75) is 13.0 Å². The Morgan fingerprint density at radius 3 is 2.78 bits per heavy atom. The van der Waals surface area contributed by atoms with Crippen molar-refractivity contribution in [2.75, 3.05) is 0 Å². The summed E-state index contributed by atoms with van der Waals surface area (Å²) in [7, 11) is 0. The number of hydrogen-bond acceptors (Lipinski definition) is 3. The number of nitrogens with two attached hydrogens (primary N) is 1. The minimum atomic E-state index is -0.379. The molecule has 1 heterocycles. The second kappa shape index (κ2) is 5.46. The standard InChI is InChI=1S/C13H12BrFN2O/c1-8(16)9-4-5-17-13(6-9)18-10-2-3-11(14)12(15)7-10/h2-8H,16H2,1H3. The molecule has 1 aromatic heterocycles. The Bertz CT molecular complexity index is 560. The van der Waals surface area contributed by atoms with Crippen LogP contribution in [-0.4, -0.2) is 4.98 Å². The number of hydrogen-bond donors (Lipinski definition) is 1. The van der Waals surface area contributed by atoms with Crippen LogP contribution in [0.5, 0.6) is 11.6 Å². The van der Waals surface area contributed by atoms with Gasteiger partial charge in [0.15, 0.2) is 0 Å². The predicted molar refractivity (Wildman–Crippen MR) is 71.0 cm³/mol. The molecule has 0 spiro atoms. The Balaban J connectivity index is 2.23. The molecule has 0 radical (unpaired) electrons. The third-order valence-corrected chi connectivity index (χ3v) is 3.04. The van der Waals surface area contributed by atoms with Gasteiger partial charge in [0.05, 0.1) is 4.47 Å². The average molecular weight is 311 g/mol. The molecule has 1 atom stereocenters. The van der Waals surface area contributed by atoms with Crippen molar-refractivity contribution in [1.82, 2.24) is 4.98 Å². The van der Waals surface area contributed by atoms with Crippen LogP contribution >= 0.6 is 15.9 Å². The van der Waals surface area contributed by atoms with Crippen LogP contribution in [0.15, 0.2) is 41.0 Å². The normalized spacial score (nSPS) is 12.2. The molecule has 0 bridgehead atoms. The highest BCUT2D eigenvalue weighted by Gasteiger charge is 2.06. The Kier molecular flexibility index (Phi) is 3.93. The maximum Gasteiger partial charge on any atom is 0.219 e. The number of pyridine rings is 1. The van der Waals surface area contributed by atoms with Gasteiger partial charge in [-0.25, -0.2) is 9.37 Å². The summed E-state index contributed by atoms with van der Waals surface area (Å²) in [5.41, 5.74) is 6.68. The highest BCUT2D eigenvalue weighted by Crippen LogP contribution is 2.25. The van der Waals surface area contributed by atoms with Crippen LogP contribution in [-0.2, 0) is 0 Å². The molecule has 0 amide bonds. The number of halogens is 2. The number of benzene rings is 1. The molecule has 5 heteroatoms. The summed E-state index contributed by atoms with van der Waals surface area (Å²) in [5.74, 6) is 0.410. The molecule has 0 aliphatic heterocycles. The summed E-state index contributed by atoms with van der Waals surface area (Å²) in [5, 5.41) is 0. The van der Waals surface area contributed by atoms with Crippen LogP contribution in [0.2, 0.25) is 0 Å². The quantitative estimate of drug-likeness (QED) is 0.938. The predicted octanol–water partition coefficient (Wildman–Crippen LogP) is 3.80. The third kappa shape index (κ3) is 3.05. The van der Waals surface area contributed by atoms with E-state index in [1.807, 2.05) is 13.0 Å². The van der Waals surface area contributed by atoms with Gasteiger partial charge in [-0.2, -0.15) is 0 Å². The summed E-state index contributed by atoms with van der Waals surface area (Å²) in [4.78, 5) is 4.06. The highest BCUT2D eigenvalue weighted by molar-refractivity contribution is 9.10. The zero-order chi connectivity index (χ0) is 13.1. The van der Waals surface area contributed by atoms with Crippen molar-refractivity contribution >= 4 is 15.9 Å². The van der Waals surface area contributed by atoms with Gasteiger partial charge in [0.2, 0.25) is 5.88 Å². The molecule has 94 valence electrons. The maximum atomic E-state index is 13.3. The molecule has 2 aromatic rings. The van der Waals surface area contributed by atoms with E-state index >= 15 is 0 Å². The van der Waals surface area contributed by atoms with E-state index in [0.717, 1.165) is 5.56 Å². The van der Waals surface area contributed by atoms with Crippen LogP contribution in [0, 0.1) is 5.82 Å². The minimum Gasteiger partial charge on any atom is -0.439 e. The largest absolute Gasteiger partial charge is 0.439 e. The topological polar surface area (TPSA) is 48.1 Å². The van der Waals surface area contributed by atoms with E-state index < -0.39 is 0 Å². The summed E-state index contributed by atoms with van der Waals surface area (Å²) >= 11 is 3.08. The lowest BCUT2D eigenvalue weighted by molar-refractivity contribution is 0.456. The van der Waals surface area contributed by atoms with Crippen LogP contribution in [0.25, 0.3) is 0 Å². The molecule has 0 saturated carbocycles. The van der Waals surface area contributed by atoms with Crippen molar-refractivity contribution in [3.05, 3.63) is 52.4 Å². The van der Waals surface area contributed by atoms with Crippen LogP contribution in [0.4, 0.5) is 4.39 Å². The summed E-state index contributed by atoms with van der Waals surface area (Å²) in [6, 6.07) is 8.00. The lowest BCUT2D eigenvalue weighted by atomic mass is 10.1. The zero-order valence-electron chi connectivity index (χ0n) is 9.73. The molecule has 0 aliphatic carbocycles. The van der Waals surface area contributed by atoms with Gasteiger partial charge in [0, 0.05) is 24.4 Å². The zero-order valence-corrected chi connectivity index (χ0v) is 11.3. The number of aromatic nitrogens is 1. The Hall–Kier alpha value is -1.46. The van der Waals surface area contributed by atoms with Gasteiger partial charge >= 0.3 is 0 Å². The molecule has 3 nitrogen and oxygen atoms in total. The van der Waals surface area contributed by atoms with E-state index in [1.165, 1.54) is 6.07 Å². The SMILES string of the molecule is CC(N)c1ccnc(Oc2ccc(Br)c(F)c2)c1. The second-order valence-electron chi connectivity index (χ2n) is 3.89. The summed E-state index contributed by atoms with van der Waals surface area (Å²) < 4.78 is 19.2. The lowest BCUT2D eigenvalue weighted by Crippen LogP contribution is -2.05. The van der Waals surface area contributed by atoms with Gasteiger partial charge in [-0.05, 0) is 46.6 Å². The van der Waals surface area contributed by atoms with Gasteiger partial charge in [-0.3, -0.25) is 0 Å². The van der Waals surface area contributed by atoms with Crippen molar-refractivity contribution in [1.29, 1.82) is 0 Å². The molecular formula is C13H12BrFN2O. The van der Waals surface area contributed by atoms with Crippen molar-refractivity contribution in [3.63, 3.8) is 0 Å². The summed E-state index contributed by atoms with van der Waals surface area (Å²) in [6.07, 6.45) is 1.61. The van der Waals surface area contributed by atoms with Gasteiger partial charge < -0.3 is 10.5 Å². The van der Waals surface area contributed by atoms with E-state index in [0.29, 0.717) is 16.1 Å². The maximum absolute atomic E-state index is 13.3. The molecule has 0 fully saturated rings. The fourth-order valence-corrected chi connectivity index (χ4v) is 1.67. The van der Waals surface area contributed by atoms with Gasteiger partial charge in [0.1, 0.15) is 11.6 Å². The van der Waals surface area contributed by atoms with Gasteiger partial charge in [0.25, 0.3) is 0 Å². The highest BCUT2D eigenvalue weighted by atomic mass is 79.9. The molecule has 0 saturated heterocycles. The molecule has 1 aromatic carbocycles. The minimum absolute atomic E-state index is 0.1000. The lowest BCUT2D eigenvalue weighted by Gasteiger charge is -2.09. The molecule has 0 aliphatic rings. The monoisotopic (exact) mass is 310 g/mol. The van der Waals surface area contributed by atoms with E-state index in [2.05, 4.69) is 20.9 Å². The fourth-order valence-electron chi connectivity index (χ4n) is 1.42. The van der Waals surface area contributed by atoms with E-state index in [4.69, 9.17) is 10.5 Å². The number of ether oxygens (including phenoxy) is 1.